The average Bonchev–Trinajstić information content (AvgIpc) is 2.52. The van der Waals surface area contributed by atoms with Gasteiger partial charge in [0.25, 0.3) is 0 Å². The smallest absolute Gasteiger partial charge is 0.227 e. The van der Waals surface area contributed by atoms with Crippen molar-refractivity contribution < 1.29 is 9.59 Å². The molecule has 0 saturated carbocycles. The van der Waals surface area contributed by atoms with Gasteiger partial charge in [0.05, 0.1) is 11.9 Å². The van der Waals surface area contributed by atoms with Crippen LogP contribution in [0.1, 0.15) is 6.42 Å². The molecule has 2 heterocycles. The Morgan fingerprint density at radius 3 is 2.62 bits per heavy atom. The second-order valence-corrected chi connectivity index (χ2v) is 5.81. The van der Waals surface area contributed by atoms with Crippen molar-refractivity contribution in [3.05, 3.63) is 18.6 Å². The van der Waals surface area contributed by atoms with Crippen molar-refractivity contribution in [2.75, 3.05) is 42.6 Å². The third-order valence-corrected chi connectivity index (χ3v) is 4.19. The molecule has 8 heteroatoms. The summed E-state index contributed by atoms with van der Waals surface area (Å²) in [6.45, 7) is 2.91. The van der Waals surface area contributed by atoms with Crippen molar-refractivity contribution in [3.63, 3.8) is 0 Å². The largest absolute Gasteiger partial charge is 0.369 e. The summed E-state index contributed by atoms with van der Waals surface area (Å²) in [5.74, 6) is 1.54. The van der Waals surface area contributed by atoms with Gasteiger partial charge in [0.15, 0.2) is 0 Å². The first-order valence-electron chi connectivity index (χ1n) is 6.81. The number of piperazine rings is 1. The molecule has 21 heavy (non-hydrogen) atoms. The number of rotatable bonds is 6. The first-order valence-corrected chi connectivity index (χ1v) is 7.97. The Hall–Kier alpha value is -1.83. The summed E-state index contributed by atoms with van der Waals surface area (Å²) in [4.78, 5) is 34.9. The first-order chi connectivity index (χ1) is 10.2. The minimum Gasteiger partial charge on any atom is -0.369 e. The monoisotopic (exact) mass is 309 g/mol. The summed E-state index contributed by atoms with van der Waals surface area (Å²) in [7, 11) is 0. The van der Waals surface area contributed by atoms with E-state index < -0.39 is 0 Å². The first kappa shape index (κ1) is 15.6. The maximum Gasteiger partial charge on any atom is 0.227 e. The molecule has 1 aromatic rings. The lowest BCUT2D eigenvalue weighted by atomic mass is 10.3. The van der Waals surface area contributed by atoms with Gasteiger partial charge in [-0.05, 0) is 0 Å². The number of nitrogens with two attached hydrogens (primary N) is 1. The molecule has 114 valence electrons. The van der Waals surface area contributed by atoms with Crippen LogP contribution in [0.2, 0.25) is 0 Å². The SMILES string of the molecule is NC(=O)CSCCC(=O)N1CCN(c2cnccn2)CC1. The zero-order chi connectivity index (χ0) is 15.1. The van der Waals surface area contributed by atoms with Crippen molar-refractivity contribution in [1.82, 2.24) is 14.9 Å². The van der Waals surface area contributed by atoms with Crippen LogP contribution >= 0.6 is 11.8 Å². The van der Waals surface area contributed by atoms with Crippen molar-refractivity contribution in [2.24, 2.45) is 5.73 Å². The average molecular weight is 309 g/mol. The Labute approximate surface area is 127 Å². The molecule has 1 aliphatic rings. The van der Waals surface area contributed by atoms with Crippen LogP contribution in [0.25, 0.3) is 0 Å². The van der Waals surface area contributed by atoms with E-state index >= 15 is 0 Å². The maximum atomic E-state index is 12.0. The molecule has 1 fully saturated rings. The lowest BCUT2D eigenvalue weighted by molar-refractivity contribution is -0.131. The number of primary amides is 1. The molecule has 2 rings (SSSR count). The standard InChI is InChI=1S/C13H19N5O2S/c14-11(19)10-21-8-1-13(20)18-6-4-17(5-7-18)12-9-15-2-3-16-12/h2-3,9H,1,4-8,10H2,(H2,14,19). The second-order valence-electron chi connectivity index (χ2n) is 4.70. The van der Waals surface area contributed by atoms with E-state index in [4.69, 9.17) is 5.73 Å². The topological polar surface area (TPSA) is 92.4 Å². The molecule has 0 aliphatic carbocycles. The Kier molecular flexibility index (Phi) is 5.79. The molecule has 0 bridgehead atoms. The number of carbonyl (C=O) groups excluding carboxylic acids is 2. The zero-order valence-corrected chi connectivity index (χ0v) is 12.6. The van der Waals surface area contributed by atoms with Gasteiger partial charge in [0, 0.05) is 50.7 Å². The maximum absolute atomic E-state index is 12.0. The van der Waals surface area contributed by atoms with Crippen molar-refractivity contribution >= 4 is 29.4 Å². The lowest BCUT2D eigenvalue weighted by Crippen LogP contribution is -2.49. The predicted octanol–water partition coefficient (Wildman–Crippen LogP) is -0.266. The molecule has 2 N–H and O–H groups in total. The molecule has 7 nitrogen and oxygen atoms in total. The summed E-state index contributed by atoms with van der Waals surface area (Å²) in [6, 6.07) is 0. The van der Waals surface area contributed by atoms with Gasteiger partial charge in [0.2, 0.25) is 11.8 Å². The molecule has 1 aromatic heterocycles. The number of hydrogen-bond donors (Lipinski definition) is 1. The summed E-state index contributed by atoms with van der Waals surface area (Å²) in [6.07, 6.45) is 5.50. The van der Waals surface area contributed by atoms with E-state index in [0.29, 0.717) is 25.3 Å². The van der Waals surface area contributed by atoms with Gasteiger partial charge in [-0.15, -0.1) is 0 Å². The molecule has 1 aliphatic heterocycles. The molecule has 0 aromatic carbocycles. The Morgan fingerprint density at radius 2 is 2.00 bits per heavy atom. The van der Waals surface area contributed by atoms with Crippen molar-refractivity contribution in [3.8, 4) is 0 Å². The molecule has 0 spiro atoms. The summed E-state index contributed by atoms with van der Waals surface area (Å²) < 4.78 is 0. The highest BCUT2D eigenvalue weighted by atomic mass is 32.2. The number of thioether (sulfide) groups is 1. The van der Waals surface area contributed by atoms with Crippen LogP contribution in [0.5, 0.6) is 0 Å². The number of amides is 2. The van der Waals surface area contributed by atoms with Crippen LogP contribution in [0.4, 0.5) is 5.82 Å². The minimum atomic E-state index is -0.343. The van der Waals surface area contributed by atoms with Crippen LogP contribution in [0.3, 0.4) is 0 Å². The third kappa shape index (κ3) is 4.89. The number of hydrogen-bond acceptors (Lipinski definition) is 6. The van der Waals surface area contributed by atoms with E-state index in [1.54, 1.807) is 18.6 Å². The van der Waals surface area contributed by atoms with E-state index in [-0.39, 0.29) is 17.6 Å². The van der Waals surface area contributed by atoms with Crippen molar-refractivity contribution in [2.45, 2.75) is 6.42 Å². The summed E-state index contributed by atoms with van der Waals surface area (Å²) >= 11 is 1.40. The van der Waals surface area contributed by atoms with Gasteiger partial charge in [0.1, 0.15) is 5.82 Å². The predicted molar refractivity (Wildman–Crippen MR) is 82.0 cm³/mol. The Bertz CT molecular complexity index is 477. The minimum absolute atomic E-state index is 0.130. The van der Waals surface area contributed by atoms with Gasteiger partial charge < -0.3 is 15.5 Å². The van der Waals surface area contributed by atoms with Gasteiger partial charge in [-0.2, -0.15) is 11.8 Å². The van der Waals surface area contributed by atoms with E-state index in [2.05, 4.69) is 14.9 Å². The van der Waals surface area contributed by atoms with E-state index in [0.717, 1.165) is 18.9 Å². The number of anilines is 1. The summed E-state index contributed by atoms with van der Waals surface area (Å²) in [5.41, 5.74) is 5.05. The van der Waals surface area contributed by atoms with E-state index in [1.807, 2.05) is 4.90 Å². The normalized spacial score (nSPS) is 15.0. The molecular weight excluding hydrogens is 290 g/mol. The molecule has 0 atom stereocenters. The van der Waals surface area contributed by atoms with E-state index in [1.165, 1.54) is 11.8 Å². The van der Waals surface area contributed by atoms with Crippen LogP contribution in [-0.2, 0) is 9.59 Å². The second kappa shape index (κ2) is 7.82. The van der Waals surface area contributed by atoms with Crippen LogP contribution in [-0.4, -0.2) is 64.4 Å². The van der Waals surface area contributed by atoms with E-state index in [9.17, 15) is 9.59 Å². The molecule has 1 saturated heterocycles. The quantitative estimate of drug-likeness (QED) is 0.728. The molecule has 2 amide bonds. The Balaban J connectivity index is 1.71. The fourth-order valence-corrected chi connectivity index (χ4v) is 2.79. The fourth-order valence-electron chi connectivity index (χ4n) is 2.13. The lowest BCUT2D eigenvalue weighted by Gasteiger charge is -2.35. The highest BCUT2D eigenvalue weighted by Gasteiger charge is 2.21. The number of nitrogens with zero attached hydrogens (tertiary/aromatic N) is 4. The Morgan fingerprint density at radius 1 is 1.24 bits per heavy atom. The number of carbonyl (C=O) groups is 2. The highest BCUT2D eigenvalue weighted by molar-refractivity contribution is 7.99. The van der Waals surface area contributed by atoms with Crippen LogP contribution < -0.4 is 10.6 Å². The van der Waals surface area contributed by atoms with Gasteiger partial charge in [-0.1, -0.05) is 0 Å². The van der Waals surface area contributed by atoms with Crippen LogP contribution in [0.15, 0.2) is 18.6 Å². The number of aromatic nitrogens is 2. The highest BCUT2D eigenvalue weighted by Crippen LogP contribution is 2.12. The summed E-state index contributed by atoms with van der Waals surface area (Å²) in [5, 5.41) is 0. The molecule has 0 radical (unpaired) electrons. The fraction of sp³-hybridized carbons (Fsp3) is 0.538. The third-order valence-electron chi connectivity index (χ3n) is 3.21. The van der Waals surface area contributed by atoms with Gasteiger partial charge in [-0.3, -0.25) is 14.6 Å². The van der Waals surface area contributed by atoms with Gasteiger partial charge >= 0.3 is 0 Å². The molecular formula is C13H19N5O2S. The molecule has 0 unspecified atom stereocenters. The zero-order valence-electron chi connectivity index (χ0n) is 11.8. The van der Waals surface area contributed by atoms with Crippen molar-refractivity contribution in [1.29, 1.82) is 0 Å². The van der Waals surface area contributed by atoms with Gasteiger partial charge in [-0.25, -0.2) is 4.98 Å². The van der Waals surface area contributed by atoms with Crippen LogP contribution in [0, 0.1) is 0 Å².